The number of sulfonamides is 1. The molecule has 3 aromatic rings. The van der Waals surface area contributed by atoms with Crippen LogP contribution in [0, 0.1) is 5.82 Å². The molecule has 0 spiro atoms. The first-order valence-corrected chi connectivity index (χ1v) is 15.7. The third kappa shape index (κ3) is 9.45. The molecule has 1 atom stereocenters. The molecule has 3 N–H and O–H groups in total. The Kier molecular flexibility index (Phi) is 11.9. The van der Waals surface area contributed by atoms with Gasteiger partial charge in [0.15, 0.2) is 0 Å². The Labute approximate surface area is 256 Å². The Bertz CT molecular complexity index is 1460. The van der Waals surface area contributed by atoms with E-state index in [1.807, 2.05) is 13.8 Å². The summed E-state index contributed by atoms with van der Waals surface area (Å²) in [4.78, 5) is 14.8. The van der Waals surface area contributed by atoms with Gasteiger partial charge >= 0.3 is 5.97 Å². The number of halogens is 3. The highest BCUT2D eigenvalue weighted by molar-refractivity contribution is 7.89. The zero-order valence-electron chi connectivity index (χ0n) is 23.8. The molecule has 1 heterocycles. The Morgan fingerprint density at radius 2 is 1.76 bits per heavy atom. The van der Waals surface area contributed by atoms with Gasteiger partial charge in [-0.2, -0.15) is 4.31 Å². The van der Waals surface area contributed by atoms with Crippen molar-refractivity contribution < 1.29 is 27.8 Å². The van der Waals surface area contributed by atoms with Gasteiger partial charge in [0.2, 0.25) is 10.0 Å². The summed E-state index contributed by atoms with van der Waals surface area (Å²) in [6.07, 6.45) is 2.83. The number of nitrogens with zero attached hydrogens (tertiary/aromatic N) is 2. The molecule has 0 aliphatic rings. The van der Waals surface area contributed by atoms with Gasteiger partial charge < -0.3 is 15.5 Å². The molecular formula is C30H36Cl2FN3O5S. The minimum Gasteiger partial charge on any atom is -0.481 e. The number of carboxylic acid groups (broad SMARTS) is 1. The number of hydrogen-bond acceptors (Lipinski definition) is 6. The topological polar surface area (TPSA) is 120 Å². The van der Waals surface area contributed by atoms with E-state index in [4.69, 9.17) is 28.3 Å². The van der Waals surface area contributed by atoms with E-state index in [1.54, 1.807) is 36.5 Å². The van der Waals surface area contributed by atoms with Gasteiger partial charge in [0.25, 0.3) is 0 Å². The van der Waals surface area contributed by atoms with Crippen LogP contribution in [0.1, 0.15) is 44.4 Å². The standard InChI is InChI=1S/C30H36Cl2FN3O5S/c1-30(2,14-6-8-20-7-4-5-9-27(20)33)35-18-24(37)19-36(3)42(40,41)29-25(31)15-22(16-26(29)32)21-10-11-23(34-17-21)12-13-28(38)39/h4-5,7,9-11,15-17,24,35,37H,6,8,12-14,18-19H2,1-3H3,(H,38,39). The predicted octanol–water partition coefficient (Wildman–Crippen LogP) is 5.58. The monoisotopic (exact) mass is 639 g/mol. The van der Waals surface area contributed by atoms with Crippen molar-refractivity contribution in [3.05, 3.63) is 81.8 Å². The summed E-state index contributed by atoms with van der Waals surface area (Å²) in [5.41, 5.74) is 2.08. The average molecular weight is 641 g/mol. The fourth-order valence-electron chi connectivity index (χ4n) is 4.47. The van der Waals surface area contributed by atoms with Crippen LogP contribution >= 0.6 is 23.2 Å². The molecule has 1 aromatic heterocycles. The molecule has 0 aliphatic carbocycles. The fourth-order valence-corrected chi connectivity index (χ4v) is 6.83. The van der Waals surface area contributed by atoms with Crippen molar-refractivity contribution in [3.63, 3.8) is 0 Å². The van der Waals surface area contributed by atoms with Crippen molar-refractivity contribution in [3.8, 4) is 11.1 Å². The lowest BCUT2D eigenvalue weighted by molar-refractivity contribution is -0.136. The molecule has 2 aromatic carbocycles. The molecule has 0 aliphatic heterocycles. The van der Waals surface area contributed by atoms with Gasteiger partial charge in [-0.25, -0.2) is 12.8 Å². The van der Waals surface area contributed by atoms with Gasteiger partial charge in [-0.05, 0) is 68.5 Å². The lowest BCUT2D eigenvalue weighted by Crippen LogP contribution is -2.46. The number of rotatable bonds is 15. The van der Waals surface area contributed by atoms with Crippen LogP contribution in [0.15, 0.2) is 59.6 Å². The lowest BCUT2D eigenvalue weighted by Gasteiger charge is -2.29. The molecule has 12 heteroatoms. The van der Waals surface area contributed by atoms with Crippen LogP contribution in [0.5, 0.6) is 0 Å². The molecular weight excluding hydrogens is 604 g/mol. The summed E-state index contributed by atoms with van der Waals surface area (Å²) in [6.45, 7) is 3.89. The average Bonchev–Trinajstić information content (AvgIpc) is 2.91. The largest absolute Gasteiger partial charge is 0.481 e. The van der Waals surface area contributed by atoms with E-state index in [0.29, 0.717) is 28.8 Å². The number of likely N-dealkylation sites (N-methyl/N-ethyl adjacent to an activating group) is 1. The van der Waals surface area contributed by atoms with Crippen molar-refractivity contribution >= 4 is 39.2 Å². The number of β-amino-alcohol motifs (C(OH)–C–C–N with tert-alkyl or cyclic N) is 1. The number of aliphatic hydroxyl groups is 1. The number of aromatic nitrogens is 1. The molecule has 1 unspecified atom stereocenters. The molecule has 228 valence electrons. The lowest BCUT2D eigenvalue weighted by atomic mass is 9.95. The minimum absolute atomic E-state index is 0.0380. The van der Waals surface area contributed by atoms with Gasteiger partial charge in [-0.3, -0.25) is 9.78 Å². The van der Waals surface area contributed by atoms with Crippen molar-refractivity contribution in [1.82, 2.24) is 14.6 Å². The zero-order chi connectivity index (χ0) is 31.1. The normalized spacial score (nSPS) is 13.0. The maximum absolute atomic E-state index is 13.9. The molecule has 42 heavy (non-hydrogen) atoms. The second-order valence-electron chi connectivity index (χ2n) is 10.9. The molecule has 3 rings (SSSR count). The van der Waals surface area contributed by atoms with Gasteiger partial charge in [-0.15, -0.1) is 0 Å². The first-order valence-electron chi connectivity index (χ1n) is 13.5. The van der Waals surface area contributed by atoms with Gasteiger partial charge in [0.1, 0.15) is 10.7 Å². The van der Waals surface area contributed by atoms with E-state index in [0.717, 1.165) is 17.1 Å². The molecule has 0 saturated carbocycles. The third-order valence-electron chi connectivity index (χ3n) is 6.91. The molecule has 0 fully saturated rings. The number of carboxylic acids is 1. The van der Waals surface area contributed by atoms with Crippen LogP contribution in [0.3, 0.4) is 0 Å². The van der Waals surface area contributed by atoms with Gasteiger partial charge in [0.05, 0.1) is 22.6 Å². The van der Waals surface area contributed by atoms with Crippen LogP contribution in [0.4, 0.5) is 4.39 Å². The third-order valence-corrected chi connectivity index (χ3v) is 9.66. The van der Waals surface area contributed by atoms with E-state index in [1.165, 1.54) is 25.2 Å². The predicted molar refractivity (Wildman–Crippen MR) is 163 cm³/mol. The van der Waals surface area contributed by atoms with Crippen molar-refractivity contribution in [2.24, 2.45) is 0 Å². The summed E-state index contributed by atoms with van der Waals surface area (Å²) in [5, 5.41) is 22.6. The summed E-state index contributed by atoms with van der Waals surface area (Å²) >= 11 is 12.8. The number of aryl methyl sites for hydroxylation is 2. The summed E-state index contributed by atoms with van der Waals surface area (Å²) in [5.74, 6) is -1.14. The smallest absolute Gasteiger partial charge is 0.303 e. The summed E-state index contributed by atoms with van der Waals surface area (Å²) < 4.78 is 41.6. The highest BCUT2D eigenvalue weighted by Gasteiger charge is 2.29. The van der Waals surface area contributed by atoms with Gasteiger partial charge in [0, 0.05) is 49.6 Å². The van der Waals surface area contributed by atoms with Crippen LogP contribution in [-0.2, 0) is 27.7 Å². The number of benzene rings is 2. The number of aliphatic hydroxyl groups excluding tert-OH is 1. The number of carbonyl (C=O) groups is 1. The Balaban J connectivity index is 1.60. The maximum atomic E-state index is 13.9. The second-order valence-corrected chi connectivity index (χ2v) is 13.6. The minimum atomic E-state index is -4.14. The summed E-state index contributed by atoms with van der Waals surface area (Å²) in [6, 6.07) is 13.1. The fraction of sp³-hybridized carbons (Fsp3) is 0.400. The molecule has 0 bridgehead atoms. The van der Waals surface area contributed by atoms with Crippen LogP contribution in [-0.4, -0.2) is 65.7 Å². The second kappa shape index (κ2) is 14.7. The SMILES string of the molecule is CN(CC(O)CNC(C)(C)CCCc1ccccc1F)S(=O)(=O)c1c(Cl)cc(-c2ccc(CCC(=O)O)nc2)cc1Cl. The molecule has 0 radical (unpaired) electrons. The highest BCUT2D eigenvalue weighted by Crippen LogP contribution is 2.36. The summed E-state index contributed by atoms with van der Waals surface area (Å²) in [7, 11) is -2.80. The first kappa shape index (κ1) is 33.9. The molecule has 0 saturated heterocycles. The molecule has 8 nitrogen and oxygen atoms in total. The zero-order valence-corrected chi connectivity index (χ0v) is 26.1. The quantitative estimate of drug-likeness (QED) is 0.198. The van der Waals surface area contributed by atoms with Crippen LogP contribution in [0.25, 0.3) is 11.1 Å². The Morgan fingerprint density at radius 1 is 1.10 bits per heavy atom. The number of aliphatic carboxylic acids is 1. The maximum Gasteiger partial charge on any atom is 0.303 e. The highest BCUT2D eigenvalue weighted by atomic mass is 35.5. The number of pyridine rings is 1. The Hall–Kier alpha value is -2.60. The number of hydrogen-bond donors (Lipinski definition) is 3. The van der Waals surface area contributed by atoms with E-state index in [9.17, 15) is 22.7 Å². The number of nitrogens with one attached hydrogen (secondary N) is 1. The molecule has 0 amide bonds. The van der Waals surface area contributed by atoms with Crippen LogP contribution in [0.2, 0.25) is 10.0 Å². The van der Waals surface area contributed by atoms with Crippen molar-refractivity contribution in [1.29, 1.82) is 0 Å². The van der Waals surface area contributed by atoms with E-state index < -0.39 is 22.1 Å². The van der Waals surface area contributed by atoms with Crippen molar-refractivity contribution in [2.45, 2.75) is 62.5 Å². The van der Waals surface area contributed by atoms with E-state index in [-0.39, 0.29) is 52.2 Å². The van der Waals surface area contributed by atoms with Gasteiger partial charge in [-0.1, -0.05) is 47.5 Å². The van der Waals surface area contributed by atoms with Crippen molar-refractivity contribution in [2.75, 3.05) is 20.1 Å². The first-order chi connectivity index (χ1) is 19.7. The Morgan fingerprint density at radius 3 is 2.36 bits per heavy atom. The van der Waals surface area contributed by atoms with E-state index in [2.05, 4.69) is 10.3 Å². The van der Waals surface area contributed by atoms with Crippen LogP contribution < -0.4 is 5.32 Å². The van der Waals surface area contributed by atoms with E-state index >= 15 is 0 Å².